The number of anilines is 1. The lowest BCUT2D eigenvalue weighted by Gasteiger charge is -2.34. The Labute approximate surface area is 241 Å². The van der Waals surface area contributed by atoms with E-state index in [2.05, 4.69) is 5.32 Å². The molecular weight excluding hydrogens is 553 g/mol. The average Bonchev–Trinajstić information content (AvgIpc) is 2.91. The number of benzene rings is 3. The smallest absolute Gasteiger partial charge is 0.244 e. The van der Waals surface area contributed by atoms with Gasteiger partial charge in [0, 0.05) is 24.0 Å². The normalized spacial score (nSPS) is 12.8. The lowest BCUT2D eigenvalue weighted by Crippen LogP contribution is -2.54. The van der Waals surface area contributed by atoms with Crippen LogP contribution in [0, 0.1) is 12.7 Å². The zero-order valence-electron chi connectivity index (χ0n) is 23.1. The van der Waals surface area contributed by atoms with Gasteiger partial charge in [0.05, 0.1) is 11.9 Å². The number of aryl methyl sites for hydroxylation is 1. The zero-order valence-corrected chi connectivity index (χ0v) is 24.7. The first-order valence-electron chi connectivity index (χ1n) is 13.0. The van der Waals surface area contributed by atoms with Gasteiger partial charge in [-0.25, -0.2) is 12.8 Å². The minimum atomic E-state index is -3.92. The Morgan fingerprint density at radius 1 is 1.00 bits per heavy atom. The number of rotatable bonds is 12. The molecule has 7 nitrogen and oxygen atoms in total. The average molecular weight is 588 g/mol. The van der Waals surface area contributed by atoms with Crippen molar-refractivity contribution in [3.8, 4) is 0 Å². The summed E-state index contributed by atoms with van der Waals surface area (Å²) in [6, 6.07) is 18.6. The van der Waals surface area contributed by atoms with Crippen molar-refractivity contribution >= 4 is 39.1 Å². The van der Waals surface area contributed by atoms with Crippen LogP contribution in [-0.2, 0) is 32.6 Å². The Morgan fingerprint density at radius 2 is 1.65 bits per heavy atom. The molecule has 0 unspecified atom stereocenters. The maximum absolute atomic E-state index is 14.1. The second-order valence-corrected chi connectivity index (χ2v) is 12.2. The summed E-state index contributed by atoms with van der Waals surface area (Å²) in [4.78, 5) is 29.1. The summed E-state index contributed by atoms with van der Waals surface area (Å²) in [5.41, 5.74) is 2.31. The van der Waals surface area contributed by atoms with Crippen molar-refractivity contribution in [3.05, 3.63) is 100 Å². The van der Waals surface area contributed by atoms with Crippen molar-refractivity contribution in [1.29, 1.82) is 0 Å². The van der Waals surface area contributed by atoms with Crippen molar-refractivity contribution in [2.24, 2.45) is 0 Å². The molecule has 0 aromatic heterocycles. The van der Waals surface area contributed by atoms with E-state index in [1.54, 1.807) is 19.1 Å². The van der Waals surface area contributed by atoms with Gasteiger partial charge in [-0.1, -0.05) is 67.1 Å². The first kappa shape index (κ1) is 31.1. The summed E-state index contributed by atoms with van der Waals surface area (Å²) >= 11 is 6.17. The summed E-state index contributed by atoms with van der Waals surface area (Å²) in [5.74, 6) is -1.38. The lowest BCUT2D eigenvalue weighted by molar-refractivity contribution is -0.140. The van der Waals surface area contributed by atoms with Gasteiger partial charge in [-0.3, -0.25) is 13.9 Å². The Hall–Kier alpha value is -3.43. The molecule has 0 saturated carbocycles. The fraction of sp³-hybridized carbons (Fsp3) is 0.333. The molecule has 10 heteroatoms. The highest BCUT2D eigenvalue weighted by Crippen LogP contribution is 2.27. The highest BCUT2D eigenvalue weighted by Gasteiger charge is 2.33. The molecule has 0 heterocycles. The minimum Gasteiger partial charge on any atom is -0.352 e. The number of nitrogens with zero attached hydrogens (tertiary/aromatic N) is 2. The van der Waals surface area contributed by atoms with E-state index >= 15 is 0 Å². The highest BCUT2D eigenvalue weighted by molar-refractivity contribution is 7.92. The van der Waals surface area contributed by atoms with Crippen LogP contribution in [0.4, 0.5) is 10.1 Å². The number of carbonyl (C=O) groups is 2. The SMILES string of the molecule is CC[C@@H](C)NC(=O)[C@H](Cc1ccccc1)N(Cc1ccc(F)cc1)C(=O)CN(c1cc(Cl)ccc1C)S(C)(=O)=O. The van der Waals surface area contributed by atoms with Crippen LogP contribution in [0.5, 0.6) is 0 Å². The number of amides is 2. The largest absolute Gasteiger partial charge is 0.352 e. The van der Waals surface area contributed by atoms with E-state index < -0.39 is 34.3 Å². The van der Waals surface area contributed by atoms with Crippen LogP contribution in [0.15, 0.2) is 72.8 Å². The third-order valence-corrected chi connectivity index (χ3v) is 8.02. The second kappa shape index (κ2) is 13.8. The van der Waals surface area contributed by atoms with Crippen LogP contribution in [0.2, 0.25) is 5.02 Å². The predicted molar refractivity (Wildman–Crippen MR) is 157 cm³/mol. The molecule has 0 fully saturated rings. The maximum atomic E-state index is 14.1. The third kappa shape index (κ3) is 8.53. The lowest BCUT2D eigenvalue weighted by atomic mass is 10.0. The molecule has 1 N–H and O–H groups in total. The molecule has 0 aliphatic heterocycles. The molecule has 0 aliphatic rings. The van der Waals surface area contributed by atoms with Crippen molar-refractivity contribution in [2.45, 2.75) is 52.2 Å². The van der Waals surface area contributed by atoms with Gasteiger partial charge < -0.3 is 10.2 Å². The van der Waals surface area contributed by atoms with Gasteiger partial charge >= 0.3 is 0 Å². The first-order chi connectivity index (χ1) is 18.9. The molecule has 2 atom stereocenters. The summed E-state index contributed by atoms with van der Waals surface area (Å²) < 4.78 is 40.5. The number of halogens is 2. The third-order valence-electron chi connectivity index (χ3n) is 6.66. The maximum Gasteiger partial charge on any atom is 0.244 e. The predicted octanol–water partition coefficient (Wildman–Crippen LogP) is 5.11. The van der Waals surface area contributed by atoms with E-state index in [1.807, 2.05) is 44.2 Å². The van der Waals surface area contributed by atoms with Crippen LogP contribution in [-0.4, -0.2) is 50.0 Å². The number of hydrogen-bond acceptors (Lipinski definition) is 4. The molecule has 3 rings (SSSR count). The first-order valence-corrected chi connectivity index (χ1v) is 15.2. The Bertz CT molecular complexity index is 1420. The zero-order chi connectivity index (χ0) is 29.4. The Morgan fingerprint density at radius 3 is 2.25 bits per heavy atom. The van der Waals surface area contributed by atoms with E-state index in [9.17, 15) is 22.4 Å². The van der Waals surface area contributed by atoms with Gasteiger partial charge in [0.15, 0.2) is 0 Å². The van der Waals surface area contributed by atoms with Gasteiger partial charge in [0.25, 0.3) is 0 Å². The summed E-state index contributed by atoms with van der Waals surface area (Å²) in [6.07, 6.45) is 1.90. The van der Waals surface area contributed by atoms with Crippen molar-refractivity contribution in [1.82, 2.24) is 10.2 Å². The highest BCUT2D eigenvalue weighted by atomic mass is 35.5. The van der Waals surface area contributed by atoms with Gasteiger partial charge in [-0.05, 0) is 61.2 Å². The number of nitrogens with one attached hydrogen (secondary N) is 1. The Balaban J connectivity index is 2.08. The van der Waals surface area contributed by atoms with Crippen molar-refractivity contribution in [3.63, 3.8) is 0 Å². The molecule has 0 spiro atoms. The molecule has 3 aromatic rings. The van der Waals surface area contributed by atoms with Crippen LogP contribution < -0.4 is 9.62 Å². The van der Waals surface area contributed by atoms with E-state index in [4.69, 9.17) is 11.6 Å². The molecule has 3 aromatic carbocycles. The van der Waals surface area contributed by atoms with E-state index in [1.165, 1.54) is 35.2 Å². The number of carbonyl (C=O) groups excluding carboxylic acids is 2. The van der Waals surface area contributed by atoms with E-state index in [0.29, 0.717) is 22.6 Å². The second-order valence-electron chi connectivity index (χ2n) is 9.87. The van der Waals surface area contributed by atoms with E-state index in [-0.39, 0.29) is 30.6 Å². The summed E-state index contributed by atoms with van der Waals surface area (Å²) in [6.45, 7) is 4.95. The fourth-order valence-electron chi connectivity index (χ4n) is 4.23. The molecule has 0 saturated heterocycles. The van der Waals surface area contributed by atoms with Gasteiger partial charge in [0.1, 0.15) is 18.4 Å². The summed E-state index contributed by atoms with van der Waals surface area (Å²) in [5, 5.41) is 3.29. The fourth-order valence-corrected chi connectivity index (χ4v) is 5.29. The van der Waals surface area contributed by atoms with Crippen LogP contribution in [0.1, 0.15) is 37.0 Å². The van der Waals surface area contributed by atoms with E-state index in [0.717, 1.165) is 16.1 Å². The van der Waals surface area contributed by atoms with Crippen molar-refractivity contribution in [2.75, 3.05) is 17.1 Å². The molecule has 214 valence electrons. The monoisotopic (exact) mass is 587 g/mol. The molecule has 2 amide bonds. The van der Waals surface area contributed by atoms with Crippen LogP contribution >= 0.6 is 11.6 Å². The van der Waals surface area contributed by atoms with Crippen molar-refractivity contribution < 1.29 is 22.4 Å². The summed E-state index contributed by atoms with van der Waals surface area (Å²) in [7, 11) is -3.92. The number of hydrogen-bond donors (Lipinski definition) is 1. The quantitative estimate of drug-likeness (QED) is 0.319. The van der Waals surface area contributed by atoms with Crippen LogP contribution in [0.25, 0.3) is 0 Å². The van der Waals surface area contributed by atoms with Gasteiger partial charge in [0.2, 0.25) is 21.8 Å². The molecular formula is C30H35ClFN3O4S. The minimum absolute atomic E-state index is 0.0311. The molecule has 0 aliphatic carbocycles. The Kier molecular flexibility index (Phi) is 10.7. The molecule has 40 heavy (non-hydrogen) atoms. The topological polar surface area (TPSA) is 86.8 Å². The number of sulfonamides is 1. The standard InChI is InChI=1S/C30H35ClFN3O4S/c1-5-22(3)33-30(37)28(17-23-9-7-6-8-10-23)34(19-24-12-15-26(32)16-13-24)29(36)20-35(40(4,38)39)27-18-25(31)14-11-21(27)2/h6-16,18,22,28H,5,17,19-20H2,1-4H3,(H,33,37)/t22-,28+/m1/s1. The molecule has 0 bridgehead atoms. The molecule has 0 radical (unpaired) electrons. The van der Waals surface area contributed by atoms with Gasteiger partial charge in [-0.15, -0.1) is 0 Å². The van der Waals surface area contributed by atoms with Gasteiger partial charge in [-0.2, -0.15) is 0 Å². The van der Waals surface area contributed by atoms with Crippen LogP contribution in [0.3, 0.4) is 0 Å².